The molecule has 4 aromatic rings. The monoisotopic (exact) mass is 625 g/mol. The number of nitrogens with two attached hydrogens (primary N) is 1. The van der Waals surface area contributed by atoms with Gasteiger partial charge in [-0.3, -0.25) is 4.90 Å². The summed E-state index contributed by atoms with van der Waals surface area (Å²) in [6.45, 7) is 6.34. The zero-order valence-corrected chi connectivity index (χ0v) is 25.4. The fraction of sp³-hybridized carbons (Fsp3) is 0.516. The molecule has 0 amide bonds. The highest BCUT2D eigenvalue weighted by molar-refractivity contribution is 7.22. The number of benzene rings is 2. The molecular formula is C31H34ClF2N7OS. The van der Waals surface area contributed by atoms with Crippen LogP contribution in [0.4, 0.5) is 19.7 Å². The summed E-state index contributed by atoms with van der Waals surface area (Å²) in [4.78, 5) is 18.7. The number of thiazole rings is 1. The number of rotatable bonds is 5. The van der Waals surface area contributed by atoms with Crippen molar-refractivity contribution in [2.45, 2.75) is 44.1 Å². The summed E-state index contributed by atoms with van der Waals surface area (Å²) < 4.78 is 38.1. The molecule has 2 aromatic carbocycles. The fourth-order valence-electron chi connectivity index (χ4n) is 8.03. The Hall–Kier alpha value is -2.86. The van der Waals surface area contributed by atoms with Crippen LogP contribution in [0, 0.1) is 23.5 Å². The van der Waals surface area contributed by atoms with E-state index in [0.717, 1.165) is 89.1 Å². The highest BCUT2D eigenvalue weighted by atomic mass is 35.5. The van der Waals surface area contributed by atoms with Crippen molar-refractivity contribution in [2.75, 3.05) is 56.5 Å². The average molecular weight is 626 g/mol. The fourth-order valence-corrected chi connectivity index (χ4v) is 9.09. The number of fused-ring (bicyclic) bond motifs is 4. The lowest BCUT2D eigenvalue weighted by molar-refractivity contribution is 0.108. The maximum Gasteiger partial charge on any atom is 0.319 e. The standard InChI is InChI=1S/C31H34ClF2N7OS/c32-21-13-20-25(24(34)23(21)19-3-4-22(33)27-26(19)37-29(35)43-27)38-30(42-16-31-7-1-11-41(31)12-2-8-31)39-28(20)40-14-17-5-9-36-10-6-18(17)15-40/h3-4,13,17-18,36H,1-2,5-12,14-16H2,(H2,35,37). The number of aromatic nitrogens is 3. The van der Waals surface area contributed by atoms with Gasteiger partial charge in [-0.2, -0.15) is 9.97 Å². The minimum absolute atomic E-state index is 0.000284. The zero-order valence-electron chi connectivity index (χ0n) is 23.8. The van der Waals surface area contributed by atoms with Crippen molar-refractivity contribution < 1.29 is 13.5 Å². The van der Waals surface area contributed by atoms with E-state index in [0.29, 0.717) is 35.2 Å². The van der Waals surface area contributed by atoms with Crippen molar-refractivity contribution >= 4 is 55.0 Å². The number of nitrogen functional groups attached to an aromatic ring is 1. The molecule has 2 unspecified atom stereocenters. The molecule has 43 heavy (non-hydrogen) atoms. The van der Waals surface area contributed by atoms with Gasteiger partial charge >= 0.3 is 6.01 Å². The molecule has 4 aliphatic heterocycles. The molecule has 2 atom stereocenters. The minimum Gasteiger partial charge on any atom is -0.461 e. The van der Waals surface area contributed by atoms with Gasteiger partial charge in [-0.25, -0.2) is 13.8 Å². The highest BCUT2D eigenvalue weighted by Gasteiger charge is 2.45. The first-order chi connectivity index (χ1) is 20.9. The van der Waals surface area contributed by atoms with E-state index in [9.17, 15) is 4.39 Å². The van der Waals surface area contributed by atoms with Crippen LogP contribution in [0.2, 0.25) is 5.02 Å². The highest BCUT2D eigenvalue weighted by Crippen LogP contribution is 2.44. The SMILES string of the molecule is Nc1nc2c(-c3c(Cl)cc4c(N5CC6CCNCCC6C5)nc(OCC56CCCN5CCC6)nc4c3F)ccc(F)c2s1. The lowest BCUT2D eigenvalue weighted by atomic mass is 9.92. The third kappa shape index (κ3) is 4.62. The number of halogens is 3. The molecular weight excluding hydrogens is 592 g/mol. The average Bonchev–Trinajstić information content (AvgIpc) is 3.74. The van der Waals surface area contributed by atoms with Crippen LogP contribution in [0.15, 0.2) is 18.2 Å². The molecule has 226 valence electrons. The maximum absolute atomic E-state index is 16.8. The Balaban J connectivity index is 1.25. The first-order valence-corrected chi connectivity index (χ1v) is 16.5. The van der Waals surface area contributed by atoms with Gasteiger partial charge in [0.15, 0.2) is 10.9 Å². The molecule has 0 saturated carbocycles. The van der Waals surface area contributed by atoms with Gasteiger partial charge in [0.25, 0.3) is 0 Å². The molecule has 0 spiro atoms. The Morgan fingerprint density at radius 3 is 2.53 bits per heavy atom. The van der Waals surface area contributed by atoms with Gasteiger partial charge in [0.05, 0.1) is 20.8 Å². The number of nitrogens with one attached hydrogen (secondary N) is 1. The molecule has 4 fully saturated rings. The minimum atomic E-state index is -0.602. The van der Waals surface area contributed by atoms with Gasteiger partial charge in [-0.05, 0) is 94.7 Å². The number of nitrogens with zero attached hydrogens (tertiary/aromatic N) is 5. The van der Waals surface area contributed by atoms with Crippen LogP contribution in [-0.2, 0) is 0 Å². The quantitative estimate of drug-likeness (QED) is 0.285. The number of hydrogen-bond donors (Lipinski definition) is 2. The second-order valence-electron chi connectivity index (χ2n) is 12.6. The van der Waals surface area contributed by atoms with Crippen LogP contribution in [0.25, 0.3) is 32.2 Å². The van der Waals surface area contributed by atoms with Gasteiger partial charge in [0.2, 0.25) is 0 Å². The zero-order chi connectivity index (χ0) is 29.3. The summed E-state index contributed by atoms with van der Waals surface area (Å²) >= 11 is 7.88. The van der Waals surface area contributed by atoms with Crippen LogP contribution < -0.4 is 20.7 Å². The largest absolute Gasteiger partial charge is 0.461 e. The molecule has 0 aliphatic carbocycles. The normalized spacial score (nSPS) is 23.7. The van der Waals surface area contributed by atoms with E-state index in [1.54, 1.807) is 6.07 Å². The number of hydrogen-bond acceptors (Lipinski definition) is 9. The number of ether oxygens (including phenoxy) is 1. The van der Waals surface area contributed by atoms with Crippen molar-refractivity contribution in [3.63, 3.8) is 0 Å². The Bertz CT molecular complexity index is 1710. The first-order valence-electron chi connectivity index (χ1n) is 15.3. The molecule has 2 aromatic heterocycles. The summed E-state index contributed by atoms with van der Waals surface area (Å²) in [5.41, 5.74) is 6.84. The molecule has 6 heterocycles. The second-order valence-corrected chi connectivity index (χ2v) is 14.0. The van der Waals surface area contributed by atoms with E-state index in [2.05, 4.69) is 25.1 Å². The Morgan fingerprint density at radius 2 is 1.79 bits per heavy atom. The lowest BCUT2D eigenvalue weighted by Gasteiger charge is -2.31. The van der Waals surface area contributed by atoms with Crippen molar-refractivity contribution in [3.8, 4) is 17.1 Å². The van der Waals surface area contributed by atoms with Gasteiger partial charge < -0.3 is 20.7 Å². The Morgan fingerprint density at radius 1 is 1.05 bits per heavy atom. The molecule has 4 aliphatic rings. The molecule has 0 radical (unpaired) electrons. The Kier molecular flexibility index (Phi) is 6.85. The molecule has 8 nitrogen and oxygen atoms in total. The van der Waals surface area contributed by atoms with Crippen molar-refractivity contribution in [1.29, 1.82) is 0 Å². The second kappa shape index (κ2) is 10.6. The van der Waals surface area contributed by atoms with Crippen LogP contribution in [-0.4, -0.2) is 71.3 Å². The summed E-state index contributed by atoms with van der Waals surface area (Å²) in [6, 6.07) is 4.72. The molecule has 4 saturated heterocycles. The maximum atomic E-state index is 16.8. The smallest absolute Gasteiger partial charge is 0.319 e. The van der Waals surface area contributed by atoms with E-state index in [-0.39, 0.29) is 43.0 Å². The van der Waals surface area contributed by atoms with E-state index in [4.69, 9.17) is 27.1 Å². The van der Waals surface area contributed by atoms with Crippen molar-refractivity contribution in [2.24, 2.45) is 11.8 Å². The van der Waals surface area contributed by atoms with Gasteiger partial charge in [0.1, 0.15) is 23.8 Å². The molecule has 0 bridgehead atoms. The van der Waals surface area contributed by atoms with Crippen LogP contribution in [0.5, 0.6) is 6.01 Å². The molecule has 3 N–H and O–H groups in total. The first kappa shape index (κ1) is 27.7. The predicted octanol–water partition coefficient (Wildman–Crippen LogP) is 5.86. The molecule has 8 rings (SSSR count). The number of anilines is 2. The third-order valence-corrected chi connectivity index (χ3v) is 11.4. The van der Waals surface area contributed by atoms with E-state index in [1.807, 2.05) is 0 Å². The van der Waals surface area contributed by atoms with Crippen LogP contribution in [0.3, 0.4) is 0 Å². The van der Waals surface area contributed by atoms with Crippen molar-refractivity contribution in [3.05, 3.63) is 34.9 Å². The van der Waals surface area contributed by atoms with Gasteiger partial charge in [0, 0.05) is 29.6 Å². The van der Waals surface area contributed by atoms with Gasteiger partial charge in [-0.15, -0.1) is 0 Å². The van der Waals surface area contributed by atoms with Crippen LogP contribution in [0.1, 0.15) is 38.5 Å². The van der Waals surface area contributed by atoms with Crippen LogP contribution >= 0.6 is 22.9 Å². The topological polar surface area (TPSA) is 92.4 Å². The Labute approximate surface area is 257 Å². The molecule has 12 heteroatoms. The predicted molar refractivity (Wildman–Crippen MR) is 167 cm³/mol. The van der Waals surface area contributed by atoms with E-state index < -0.39 is 11.6 Å². The summed E-state index contributed by atoms with van der Waals surface area (Å²) in [6.07, 6.45) is 6.68. The van der Waals surface area contributed by atoms with E-state index in [1.165, 1.54) is 12.1 Å². The summed E-state index contributed by atoms with van der Waals surface area (Å²) in [7, 11) is 0. The van der Waals surface area contributed by atoms with E-state index >= 15 is 4.39 Å². The summed E-state index contributed by atoms with van der Waals surface area (Å²) in [5, 5.41) is 4.45. The third-order valence-electron chi connectivity index (χ3n) is 10.2. The van der Waals surface area contributed by atoms with Crippen molar-refractivity contribution in [1.82, 2.24) is 25.2 Å². The van der Waals surface area contributed by atoms with Gasteiger partial charge in [-0.1, -0.05) is 22.9 Å². The lowest BCUT2D eigenvalue weighted by Crippen LogP contribution is -2.43. The summed E-state index contributed by atoms with van der Waals surface area (Å²) in [5.74, 6) is 0.670.